The summed E-state index contributed by atoms with van der Waals surface area (Å²) in [4.78, 5) is 82.6. The zero-order chi connectivity index (χ0) is 44.9. The van der Waals surface area contributed by atoms with Crippen molar-refractivity contribution in [3.8, 4) is 0 Å². The van der Waals surface area contributed by atoms with E-state index in [1.165, 1.54) is 39.8 Å². The van der Waals surface area contributed by atoms with Crippen LogP contribution >= 0.6 is 0 Å². The van der Waals surface area contributed by atoms with E-state index in [-0.39, 0.29) is 42.1 Å². The van der Waals surface area contributed by atoms with E-state index in [0.29, 0.717) is 0 Å². The molecule has 0 aromatic heterocycles. The first-order valence-electron chi connectivity index (χ1n) is 20.1. The van der Waals surface area contributed by atoms with Gasteiger partial charge in [-0.2, -0.15) is 0 Å². The minimum absolute atomic E-state index is 0.0581. The van der Waals surface area contributed by atoms with Gasteiger partial charge in [-0.15, -0.1) is 0 Å². The molecule has 1 aromatic carbocycles. The summed E-state index contributed by atoms with van der Waals surface area (Å²) in [6.07, 6.45) is -12.8. The van der Waals surface area contributed by atoms with Crippen LogP contribution < -0.4 is 5.32 Å². The molecule has 1 aliphatic heterocycles. The first kappa shape index (κ1) is 46.5. The molecule has 1 saturated heterocycles. The van der Waals surface area contributed by atoms with Crippen LogP contribution in [0.15, 0.2) is 41.5 Å². The highest BCUT2D eigenvalue weighted by Gasteiger charge is 2.78. The summed E-state index contributed by atoms with van der Waals surface area (Å²) in [5, 5.41) is 39.7. The van der Waals surface area contributed by atoms with Crippen LogP contribution in [0.4, 0.5) is 9.59 Å². The minimum Gasteiger partial charge on any atom is -0.456 e. The van der Waals surface area contributed by atoms with Gasteiger partial charge in [0.1, 0.15) is 29.5 Å². The predicted octanol–water partition coefficient (Wildman–Crippen LogP) is 3.72. The van der Waals surface area contributed by atoms with Crippen molar-refractivity contribution in [2.75, 3.05) is 13.7 Å². The second-order valence-electron chi connectivity index (χ2n) is 18.5. The molecule has 3 fully saturated rings. The molecule has 17 heteroatoms. The molecule has 5 rings (SSSR count). The highest BCUT2D eigenvalue weighted by molar-refractivity contribution is 5.95. The molecule has 0 unspecified atom stereocenters. The fourth-order valence-electron chi connectivity index (χ4n) is 9.60. The van der Waals surface area contributed by atoms with E-state index >= 15 is 4.79 Å². The second kappa shape index (κ2) is 16.7. The number of carbonyl (C=O) groups is 6. The summed E-state index contributed by atoms with van der Waals surface area (Å²) in [5.74, 6) is -5.60. The number of carbonyl (C=O) groups excluding carboxylic acids is 6. The number of amides is 1. The molecule has 0 radical (unpaired) electrons. The van der Waals surface area contributed by atoms with Crippen LogP contribution in [0, 0.1) is 22.7 Å². The van der Waals surface area contributed by atoms with Gasteiger partial charge in [-0.05, 0) is 70.2 Å². The Morgan fingerprint density at radius 1 is 1.02 bits per heavy atom. The number of ketones is 1. The van der Waals surface area contributed by atoms with Crippen LogP contribution in [-0.2, 0) is 47.5 Å². The number of Topliss-reactive ketones (excluding diaryl/α,β-unsaturated/α-hetero) is 1. The molecule has 332 valence electrons. The van der Waals surface area contributed by atoms with Gasteiger partial charge in [-0.25, -0.2) is 19.2 Å². The maximum Gasteiger partial charge on any atom is 0.509 e. The molecule has 3 aliphatic carbocycles. The highest BCUT2D eigenvalue weighted by Crippen LogP contribution is 2.64. The Labute approximate surface area is 349 Å². The van der Waals surface area contributed by atoms with Crippen LogP contribution in [0.2, 0.25) is 0 Å². The molecule has 11 atom stereocenters. The maximum absolute atomic E-state index is 15.5. The molecular weight excluding hydrogens is 786 g/mol. The Kier molecular flexibility index (Phi) is 12.9. The fourth-order valence-corrected chi connectivity index (χ4v) is 9.60. The van der Waals surface area contributed by atoms with Crippen molar-refractivity contribution in [1.82, 2.24) is 5.32 Å². The molecule has 1 heterocycles. The monoisotopic (exact) mass is 845 g/mol. The van der Waals surface area contributed by atoms with Gasteiger partial charge in [0.25, 0.3) is 0 Å². The topological polar surface area (TPSA) is 240 Å². The zero-order valence-corrected chi connectivity index (χ0v) is 36.1. The summed E-state index contributed by atoms with van der Waals surface area (Å²) >= 11 is 0. The van der Waals surface area contributed by atoms with Gasteiger partial charge < -0.3 is 53.8 Å². The molecule has 4 N–H and O–H groups in total. The second-order valence-corrected chi connectivity index (χ2v) is 18.5. The molecule has 1 aromatic rings. The Bertz CT molecular complexity index is 1890. The number of ether oxygens (including phenoxy) is 7. The predicted molar refractivity (Wildman–Crippen MR) is 209 cm³/mol. The lowest BCUT2D eigenvalue weighted by Gasteiger charge is -2.67. The van der Waals surface area contributed by atoms with Crippen LogP contribution in [0.25, 0.3) is 0 Å². The first-order valence-corrected chi connectivity index (χ1v) is 20.1. The van der Waals surface area contributed by atoms with E-state index in [1.54, 1.807) is 39.0 Å². The molecule has 2 saturated carbocycles. The smallest absolute Gasteiger partial charge is 0.456 e. The molecule has 1 amide bonds. The van der Waals surface area contributed by atoms with E-state index in [9.17, 15) is 39.3 Å². The van der Waals surface area contributed by atoms with E-state index in [4.69, 9.17) is 33.2 Å². The number of fused-ring (bicyclic) bond motifs is 5. The van der Waals surface area contributed by atoms with Gasteiger partial charge >= 0.3 is 30.2 Å². The van der Waals surface area contributed by atoms with Crippen molar-refractivity contribution < 1.29 is 77.2 Å². The summed E-state index contributed by atoms with van der Waals surface area (Å²) < 4.78 is 40.2. The number of aliphatic hydroxyl groups excluding tert-OH is 2. The number of rotatable bonds is 10. The molecule has 60 heavy (non-hydrogen) atoms. The number of alkyl carbamates (subject to hydrolysis) is 1. The Hall–Kier alpha value is -4.58. The third-order valence-corrected chi connectivity index (χ3v) is 12.6. The quantitative estimate of drug-likeness (QED) is 0.149. The largest absolute Gasteiger partial charge is 0.509 e. The lowest BCUT2D eigenvalue weighted by Crippen LogP contribution is -2.82. The third kappa shape index (κ3) is 8.25. The Morgan fingerprint density at radius 3 is 2.18 bits per heavy atom. The zero-order valence-electron chi connectivity index (χ0n) is 36.1. The molecule has 0 spiro atoms. The van der Waals surface area contributed by atoms with Gasteiger partial charge in [-0.3, -0.25) is 9.59 Å². The normalized spacial score (nSPS) is 33.0. The summed E-state index contributed by atoms with van der Waals surface area (Å²) in [7, 11) is 1.02. The van der Waals surface area contributed by atoms with Crippen LogP contribution in [0.3, 0.4) is 0 Å². The summed E-state index contributed by atoms with van der Waals surface area (Å²) in [6, 6.07) is 6.60. The Morgan fingerprint density at radius 2 is 1.65 bits per heavy atom. The minimum atomic E-state index is -2.41. The third-order valence-electron chi connectivity index (χ3n) is 12.6. The van der Waals surface area contributed by atoms with E-state index in [1.807, 2.05) is 13.8 Å². The van der Waals surface area contributed by atoms with Crippen molar-refractivity contribution in [2.45, 2.75) is 148 Å². The van der Waals surface area contributed by atoms with Crippen LogP contribution in [0.1, 0.15) is 98.9 Å². The van der Waals surface area contributed by atoms with Gasteiger partial charge in [0.2, 0.25) is 0 Å². The lowest BCUT2D eigenvalue weighted by atomic mass is 9.44. The summed E-state index contributed by atoms with van der Waals surface area (Å²) in [6.45, 7) is 15.3. The Balaban J connectivity index is 1.73. The highest BCUT2D eigenvalue weighted by atomic mass is 16.7. The van der Waals surface area contributed by atoms with Crippen molar-refractivity contribution in [3.63, 3.8) is 0 Å². The van der Waals surface area contributed by atoms with Crippen LogP contribution in [0.5, 0.6) is 0 Å². The van der Waals surface area contributed by atoms with E-state index in [2.05, 4.69) is 5.32 Å². The number of benzene rings is 1. The average Bonchev–Trinajstić information content (AvgIpc) is 3.14. The molecule has 2 bridgehead atoms. The van der Waals surface area contributed by atoms with Crippen molar-refractivity contribution in [3.05, 3.63) is 47.0 Å². The van der Waals surface area contributed by atoms with Crippen molar-refractivity contribution in [2.24, 2.45) is 22.7 Å². The SMILES string of the molecule is COC(=O)O[C@H]1C(=O)[C@@]2(C)[C@H]([C@H](OC(=O)c3ccccc3)[C@]3(O)C[C@H](OC(=O)[C@H](O)[C@H](CC(C)C)NC(=O)OC(C)(C)C)C(C)=C1C3(C)C)[C@]1(OC(C)=O)CO[C@@H]1C[C@@H]2O. The van der Waals surface area contributed by atoms with Gasteiger partial charge in [0.05, 0.1) is 42.8 Å². The number of hydrogen-bond donors (Lipinski definition) is 4. The number of esters is 3. The number of methoxy groups -OCH3 is 1. The van der Waals surface area contributed by atoms with Crippen molar-refractivity contribution in [1.29, 1.82) is 0 Å². The van der Waals surface area contributed by atoms with Gasteiger partial charge in [0, 0.05) is 25.2 Å². The number of hydrogen-bond acceptors (Lipinski definition) is 16. The fraction of sp³-hybridized carbons (Fsp3) is 0.674. The van der Waals surface area contributed by atoms with E-state index in [0.717, 1.165) is 14.0 Å². The maximum atomic E-state index is 15.5. The van der Waals surface area contributed by atoms with E-state index < -0.39 is 119 Å². The van der Waals surface area contributed by atoms with Gasteiger partial charge in [-0.1, -0.05) is 45.9 Å². The standard InChI is InChI=1S/C43H59NO16/c1-21(2)17-25(44-37(51)60-39(5,6)7)30(47)36(50)56-26-19-43(53)34(58-35(49)24-15-13-12-14-16-24)32-41(10,27(46)18-28-42(32,20-55-28)59-23(4)45)33(48)31(57-38(52)54-11)29(22(26)3)40(43,8)9/h12-16,21,25-28,30-32,34,46-47,53H,17-20H2,1-11H3,(H,44,51)/t25-,26-,27-,28+,30+,31+,32-,34-,41+,42-,43+/m0/s1. The molecular formula is C43H59NO16. The average molecular weight is 846 g/mol. The van der Waals surface area contributed by atoms with Crippen LogP contribution in [-0.4, -0.2) is 124 Å². The molecule has 4 aliphatic rings. The van der Waals surface area contributed by atoms with Crippen molar-refractivity contribution >= 4 is 35.9 Å². The number of aliphatic hydroxyl groups is 3. The summed E-state index contributed by atoms with van der Waals surface area (Å²) in [5.41, 5.74) is -8.78. The number of nitrogens with one attached hydrogen (secondary N) is 1. The first-order chi connectivity index (χ1) is 27.7. The molecule has 17 nitrogen and oxygen atoms in total. The van der Waals surface area contributed by atoms with Gasteiger partial charge in [0.15, 0.2) is 23.6 Å². The lowest BCUT2D eigenvalue weighted by molar-refractivity contribution is -0.346.